The van der Waals surface area contributed by atoms with E-state index < -0.39 is 0 Å². The largest absolute Gasteiger partial charge is 0.330 e. The number of hydrogen-bond acceptors (Lipinski definition) is 2. The zero-order chi connectivity index (χ0) is 13.0. The molecule has 0 spiro atoms. The van der Waals surface area contributed by atoms with Gasteiger partial charge in [0.1, 0.15) is 0 Å². The van der Waals surface area contributed by atoms with Crippen LogP contribution < -0.4 is 5.73 Å². The summed E-state index contributed by atoms with van der Waals surface area (Å²) in [6, 6.07) is 5.78. The van der Waals surface area contributed by atoms with Gasteiger partial charge in [-0.05, 0) is 68.6 Å². The zero-order valence-electron chi connectivity index (χ0n) is 10.5. The fraction of sp³-hybridized carbons (Fsp3) is 0.571. The van der Waals surface area contributed by atoms with Gasteiger partial charge in [0.2, 0.25) is 0 Å². The summed E-state index contributed by atoms with van der Waals surface area (Å²) in [4.78, 5) is 2.47. The normalized spacial score (nSPS) is 18.2. The molecule has 0 aliphatic carbocycles. The van der Waals surface area contributed by atoms with Crippen molar-refractivity contribution < 1.29 is 0 Å². The van der Waals surface area contributed by atoms with Crippen molar-refractivity contribution in [2.24, 2.45) is 11.7 Å². The minimum Gasteiger partial charge on any atom is -0.330 e. The van der Waals surface area contributed by atoms with Crippen LogP contribution in [0.25, 0.3) is 0 Å². The van der Waals surface area contributed by atoms with Crippen molar-refractivity contribution in [3.63, 3.8) is 0 Å². The standard InChI is InChI=1S/C14H20Cl2N2/c15-13-7-12(8-14(16)9-13)10-18-5-2-11(1-4-17)3-6-18/h7-9,11H,1-6,10,17H2. The van der Waals surface area contributed by atoms with Gasteiger partial charge in [-0.15, -0.1) is 0 Å². The van der Waals surface area contributed by atoms with Crippen molar-refractivity contribution in [3.05, 3.63) is 33.8 Å². The molecule has 2 rings (SSSR count). The van der Waals surface area contributed by atoms with Crippen molar-refractivity contribution in [1.29, 1.82) is 0 Å². The Hall–Kier alpha value is -0.280. The Kier molecular flexibility index (Phi) is 5.31. The summed E-state index contributed by atoms with van der Waals surface area (Å²) in [5.74, 6) is 0.814. The van der Waals surface area contributed by atoms with E-state index in [4.69, 9.17) is 28.9 Å². The number of nitrogens with zero attached hydrogens (tertiary/aromatic N) is 1. The van der Waals surface area contributed by atoms with Crippen molar-refractivity contribution in [2.45, 2.75) is 25.8 Å². The fourth-order valence-corrected chi connectivity index (χ4v) is 3.20. The molecular formula is C14H20Cl2N2. The Morgan fingerprint density at radius 1 is 1.11 bits per heavy atom. The first-order valence-corrected chi connectivity index (χ1v) is 7.30. The highest BCUT2D eigenvalue weighted by molar-refractivity contribution is 6.34. The molecule has 1 aromatic rings. The van der Waals surface area contributed by atoms with Crippen LogP contribution in [-0.2, 0) is 6.54 Å². The molecule has 18 heavy (non-hydrogen) atoms. The van der Waals surface area contributed by atoms with Gasteiger partial charge < -0.3 is 5.73 Å². The summed E-state index contributed by atoms with van der Waals surface area (Å²) < 4.78 is 0. The topological polar surface area (TPSA) is 29.3 Å². The Bertz CT molecular complexity index is 367. The van der Waals surface area contributed by atoms with Crippen LogP contribution in [0, 0.1) is 5.92 Å². The van der Waals surface area contributed by atoms with Gasteiger partial charge in [0.25, 0.3) is 0 Å². The molecule has 0 radical (unpaired) electrons. The van der Waals surface area contributed by atoms with E-state index >= 15 is 0 Å². The number of benzene rings is 1. The van der Waals surface area contributed by atoms with Crippen LogP contribution in [-0.4, -0.2) is 24.5 Å². The Morgan fingerprint density at radius 3 is 2.28 bits per heavy atom. The van der Waals surface area contributed by atoms with Gasteiger partial charge in [-0.3, -0.25) is 4.90 Å². The Balaban J connectivity index is 1.87. The number of nitrogens with two attached hydrogens (primary N) is 1. The molecule has 1 fully saturated rings. The van der Waals surface area contributed by atoms with E-state index in [0.29, 0.717) is 0 Å². The first kappa shape index (κ1) is 14.1. The van der Waals surface area contributed by atoms with Crippen LogP contribution >= 0.6 is 23.2 Å². The minimum absolute atomic E-state index is 0.718. The van der Waals surface area contributed by atoms with Gasteiger partial charge in [-0.25, -0.2) is 0 Å². The minimum atomic E-state index is 0.718. The molecule has 2 N–H and O–H groups in total. The summed E-state index contributed by atoms with van der Waals surface area (Å²) in [6.07, 6.45) is 3.67. The molecular weight excluding hydrogens is 267 g/mol. The van der Waals surface area contributed by atoms with Crippen LogP contribution in [0.3, 0.4) is 0 Å². The van der Waals surface area contributed by atoms with Crippen molar-refractivity contribution in [3.8, 4) is 0 Å². The predicted octanol–water partition coefficient (Wildman–Crippen LogP) is 3.55. The second-order valence-electron chi connectivity index (χ2n) is 5.07. The fourth-order valence-electron chi connectivity index (χ4n) is 2.63. The van der Waals surface area contributed by atoms with Crippen molar-refractivity contribution in [2.75, 3.05) is 19.6 Å². The average Bonchev–Trinajstić information content (AvgIpc) is 2.31. The second-order valence-corrected chi connectivity index (χ2v) is 5.95. The van der Waals surface area contributed by atoms with E-state index in [9.17, 15) is 0 Å². The molecule has 1 aliphatic heterocycles. The van der Waals surface area contributed by atoms with Gasteiger partial charge in [-0.1, -0.05) is 23.2 Å². The lowest BCUT2D eigenvalue weighted by Crippen LogP contribution is -2.33. The highest BCUT2D eigenvalue weighted by Gasteiger charge is 2.18. The van der Waals surface area contributed by atoms with Crippen LogP contribution in [0.15, 0.2) is 18.2 Å². The Labute approximate surface area is 119 Å². The third kappa shape index (κ3) is 4.13. The SMILES string of the molecule is NCCC1CCN(Cc2cc(Cl)cc(Cl)c2)CC1. The molecule has 1 aromatic carbocycles. The highest BCUT2D eigenvalue weighted by atomic mass is 35.5. The molecule has 0 amide bonds. The van der Waals surface area contributed by atoms with Gasteiger partial charge >= 0.3 is 0 Å². The summed E-state index contributed by atoms with van der Waals surface area (Å²) >= 11 is 12.0. The van der Waals surface area contributed by atoms with Gasteiger partial charge in [0.15, 0.2) is 0 Å². The van der Waals surface area contributed by atoms with Gasteiger partial charge in [-0.2, -0.15) is 0 Å². The number of piperidine rings is 1. The predicted molar refractivity (Wildman–Crippen MR) is 78.1 cm³/mol. The van der Waals surface area contributed by atoms with E-state index in [1.165, 1.54) is 18.4 Å². The first-order chi connectivity index (χ1) is 8.67. The lowest BCUT2D eigenvalue weighted by atomic mass is 9.93. The summed E-state index contributed by atoms with van der Waals surface area (Å²) in [5, 5.41) is 1.44. The second kappa shape index (κ2) is 6.76. The molecule has 0 unspecified atom stereocenters. The highest BCUT2D eigenvalue weighted by Crippen LogP contribution is 2.24. The van der Waals surface area contributed by atoms with Gasteiger partial charge in [0.05, 0.1) is 0 Å². The van der Waals surface area contributed by atoms with Crippen molar-refractivity contribution >= 4 is 23.2 Å². The number of rotatable bonds is 4. The monoisotopic (exact) mass is 286 g/mol. The summed E-state index contributed by atoms with van der Waals surface area (Å²) in [7, 11) is 0. The molecule has 4 heteroatoms. The molecule has 0 aromatic heterocycles. The van der Waals surface area contributed by atoms with Crippen molar-refractivity contribution in [1.82, 2.24) is 4.90 Å². The Morgan fingerprint density at radius 2 is 1.72 bits per heavy atom. The molecule has 0 atom stereocenters. The van der Waals surface area contributed by atoms with Crippen LogP contribution in [0.1, 0.15) is 24.8 Å². The number of likely N-dealkylation sites (tertiary alicyclic amines) is 1. The van der Waals surface area contributed by atoms with Crippen LogP contribution in [0.4, 0.5) is 0 Å². The quantitative estimate of drug-likeness (QED) is 0.917. The zero-order valence-corrected chi connectivity index (χ0v) is 12.1. The molecule has 1 aliphatic rings. The maximum absolute atomic E-state index is 6.02. The molecule has 0 bridgehead atoms. The molecule has 2 nitrogen and oxygen atoms in total. The third-order valence-corrected chi connectivity index (χ3v) is 4.05. The van der Waals surface area contributed by atoms with Crippen LogP contribution in [0.2, 0.25) is 10.0 Å². The molecule has 0 saturated carbocycles. The van der Waals surface area contributed by atoms with E-state index in [1.54, 1.807) is 6.07 Å². The van der Waals surface area contributed by atoms with Crippen LogP contribution in [0.5, 0.6) is 0 Å². The van der Waals surface area contributed by atoms with E-state index in [-0.39, 0.29) is 0 Å². The maximum atomic E-state index is 6.02. The summed E-state index contributed by atoms with van der Waals surface area (Å²) in [6.45, 7) is 4.05. The molecule has 1 heterocycles. The average molecular weight is 287 g/mol. The number of hydrogen-bond donors (Lipinski definition) is 1. The van der Waals surface area contributed by atoms with Gasteiger partial charge in [0, 0.05) is 16.6 Å². The molecule has 1 saturated heterocycles. The lowest BCUT2D eigenvalue weighted by molar-refractivity contribution is 0.173. The summed E-state index contributed by atoms with van der Waals surface area (Å²) in [5.41, 5.74) is 6.81. The van der Waals surface area contributed by atoms with E-state index in [0.717, 1.165) is 48.6 Å². The van der Waals surface area contributed by atoms with E-state index in [2.05, 4.69) is 4.90 Å². The lowest BCUT2D eigenvalue weighted by Gasteiger charge is -2.31. The van der Waals surface area contributed by atoms with E-state index in [1.807, 2.05) is 12.1 Å². The smallest absolute Gasteiger partial charge is 0.0424 e. The maximum Gasteiger partial charge on any atom is 0.0424 e. The first-order valence-electron chi connectivity index (χ1n) is 6.55. The number of halogens is 2. The molecule has 100 valence electrons. The third-order valence-electron chi connectivity index (χ3n) is 3.61.